The molecule has 0 aliphatic carbocycles. The lowest BCUT2D eigenvalue weighted by Crippen LogP contribution is -2.30. The third-order valence-electron chi connectivity index (χ3n) is 3.31. The van der Waals surface area contributed by atoms with Crippen molar-refractivity contribution in [3.63, 3.8) is 0 Å². The van der Waals surface area contributed by atoms with Crippen LogP contribution in [0.4, 0.5) is 0 Å². The molecule has 6 heteroatoms. The van der Waals surface area contributed by atoms with Crippen LogP contribution in [0.5, 0.6) is 0 Å². The van der Waals surface area contributed by atoms with Gasteiger partial charge in [0.05, 0.1) is 12.2 Å². The second-order valence-electron chi connectivity index (χ2n) is 5.91. The number of hydrogen-bond donors (Lipinski definition) is 3. The number of ether oxygens (including phenoxy) is 1. The van der Waals surface area contributed by atoms with Crippen molar-refractivity contribution >= 4 is 33.1 Å². The van der Waals surface area contributed by atoms with Crippen molar-refractivity contribution < 1.29 is 9.53 Å². The third-order valence-corrected chi connectivity index (χ3v) is 4.11. The van der Waals surface area contributed by atoms with E-state index in [1.54, 1.807) is 6.92 Å². The Morgan fingerprint density at radius 2 is 2.04 bits per heavy atom. The molecular formula is C17H27N2O2PS. The van der Waals surface area contributed by atoms with Crippen molar-refractivity contribution in [2.45, 2.75) is 52.9 Å². The Morgan fingerprint density at radius 1 is 1.39 bits per heavy atom. The molecule has 2 atom stereocenters. The number of nitrogens with one attached hydrogen (secondary N) is 1. The fourth-order valence-corrected chi connectivity index (χ4v) is 2.60. The van der Waals surface area contributed by atoms with Crippen LogP contribution in [0.3, 0.4) is 0 Å². The van der Waals surface area contributed by atoms with Crippen LogP contribution in [0.2, 0.25) is 0 Å². The molecule has 0 radical (unpaired) electrons. The van der Waals surface area contributed by atoms with E-state index in [-0.39, 0.29) is 23.8 Å². The van der Waals surface area contributed by atoms with Gasteiger partial charge in [0.15, 0.2) is 0 Å². The Kier molecular flexibility index (Phi) is 8.10. The van der Waals surface area contributed by atoms with Crippen molar-refractivity contribution in [2.75, 3.05) is 0 Å². The molecule has 0 saturated heterocycles. The molecule has 1 amide bonds. The number of nitrogens with two attached hydrogens (primary N) is 1. The molecule has 0 fully saturated rings. The molecule has 0 aromatic heterocycles. The first-order valence-corrected chi connectivity index (χ1v) is 8.69. The number of amides is 1. The van der Waals surface area contributed by atoms with E-state index in [4.69, 9.17) is 10.5 Å². The maximum Gasteiger partial charge on any atom is 0.268 e. The summed E-state index contributed by atoms with van der Waals surface area (Å²) < 4.78 is 5.77. The molecule has 0 heterocycles. The van der Waals surface area contributed by atoms with Crippen LogP contribution in [-0.4, -0.2) is 18.1 Å². The number of allylic oxidation sites excluding steroid dienone is 1. The standard InChI is InChI=1S/C17H27N2O2PS/c1-10(2)21-11(3)7-13-5-6-15(22)14(8-13)9-19-17(20)16(18)12(4)23/h5-6,8,10-11,23H,7,9,18,22H2,1-4H3,(H,19,20)/b16-12-. The summed E-state index contributed by atoms with van der Waals surface area (Å²) in [5.41, 5.74) is 8.05. The molecule has 3 N–H and O–H groups in total. The zero-order chi connectivity index (χ0) is 17.6. The van der Waals surface area contributed by atoms with Crippen LogP contribution < -0.4 is 16.4 Å². The highest BCUT2D eigenvalue weighted by atomic mass is 32.1. The predicted octanol–water partition coefficient (Wildman–Crippen LogP) is 2.28. The number of rotatable bonds is 7. The van der Waals surface area contributed by atoms with E-state index in [9.17, 15) is 4.79 Å². The highest BCUT2D eigenvalue weighted by molar-refractivity contribution is 7.84. The minimum atomic E-state index is -0.302. The van der Waals surface area contributed by atoms with Crippen molar-refractivity contribution in [1.82, 2.24) is 5.32 Å². The Bertz CT molecular complexity index is 584. The van der Waals surface area contributed by atoms with Crippen LogP contribution in [-0.2, 0) is 22.5 Å². The average molecular weight is 354 g/mol. The Hall–Kier alpha value is -1.03. The summed E-state index contributed by atoms with van der Waals surface area (Å²) in [5, 5.41) is 3.87. The number of hydrogen-bond acceptors (Lipinski definition) is 4. The molecular weight excluding hydrogens is 327 g/mol. The molecule has 2 unspecified atom stereocenters. The monoisotopic (exact) mass is 354 g/mol. The van der Waals surface area contributed by atoms with Gasteiger partial charge < -0.3 is 15.8 Å². The smallest absolute Gasteiger partial charge is 0.268 e. The molecule has 23 heavy (non-hydrogen) atoms. The van der Waals surface area contributed by atoms with Crippen LogP contribution in [0.25, 0.3) is 0 Å². The van der Waals surface area contributed by atoms with Gasteiger partial charge in [0, 0.05) is 11.4 Å². The molecule has 0 aliphatic heterocycles. The highest BCUT2D eigenvalue weighted by Gasteiger charge is 2.10. The molecule has 0 spiro atoms. The second kappa shape index (κ2) is 9.31. The van der Waals surface area contributed by atoms with Gasteiger partial charge in [-0.2, -0.15) is 0 Å². The van der Waals surface area contributed by atoms with Crippen molar-refractivity contribution in [3.8, 4) is 0 Å². The molecule has 4 nitrogen and oxygen atoms in total. The molecule has 1 aromatic carbocycles. The summed E-state index contributed by atoms with van der Waals surface area (Å²) in [6.07, 6.45) is 1.20. The highest BCUT2D eigenvalue weighted by Crippen LogP contribution is 2.12. The van der Waals surface area contributed by atoms with Gasteiger partial charge in [-0.15, -0.1) is 21.9 Å². The number of benzene rings is 1. The first-order chi connectivity index (χ1) is 10.7. The van der Waals surface area contributed by atoms with Gasteiger partial charge in [-0.3, -0.25) is 4.79 Å². The third kappa shape index (κ3) is 6.94. The SMILES string of the molecule is C/C(S)=C(/N)C(=O)NCc1cc(CC(C)OC(C)C)ccc1P. The van der Waals surface area contributed by atoms with Gasteiger partial charge in [0.25, 0.3) is 5.91 Å². The van der Waals surface area contributed by atoms with E-state index in [0.29, 0.717) is 11.4 Å². The summed E-state index contributed by atoms with van der Waals surface area (Å²) in [6.45, 7) is 8.24. The Morgan fingerprint density at radius 3 is 2.61 bits per heavy atom. The van der Waals surface area contributed by atoms with Crippen molar-refractivity contribution in [1.29, 1.82) is 0 Å². The molecule has 0 aliphatic rings. The van der Waals surface area contributed by atoms with Crippen LogP contribution in [0.15, 0.2) is 28.8 Å². The molecule has 0 saturated carbocycles. The van der Waals surface area contributed by atoms with Gasteiger partial charge in [-0.25, -0.2) is 0 Å². The minimum absolute atomic E-state index is 0.147. The number of thiol groups is 1. The lowest BCUT2D eigenvalue weighted by molar-refractivity contribution is -0.117. The summed E-state index contributed by atoms with van der Waals surface area (Å²) in [4.78, 5) is 12.4. The van der Waals surface area contributed by atoms with E-state index < -0.39 is 0 Å². The lowest BCUT2D eigenvalue weighted by atomic mass is 10.1. The fourth-order valence-electron chi connectivity index (χ4n) is 2.22. The van der Waals surface area contributed by atoms with Gasteiger partial charge >= 0.3 is 0 Å². The summed E-state index contributed by atoms with van der Waals surface area (Å²) in [5.74, 6) is -0.302. The lowest BCUT2D eigenvalue weighted by Gasteiger charge is -2.17. The molecule has 1 aromatic rings. The van der Waals surface area contributed by atoms with Gasteiger partial charge in [0.2, 0.25) is 0 Å². The largest absolute Gasteiger partial charge is 0.394 e. The summed E-state index contributed by atoms with van der Waals surface area (Å²) >= 11 is 4.09. The summed E-state index contributed by atoms with van der Waals surface area (Å²) in [7, 11) is 2.69. The first-order valence-electron chi connectivity index (χ1n) is 7.67. The van der Waals surface area contributed by atoms with Gasteiger partial charge in [0.1, 0.15) is 5.70 Å². The van der Waals surface area contributed by atoms with Gasteiger partial charge in [-0.1, -0.05) is 18.2 Å². The fraction of sp³-hybridized carbons (Fsp3) is 0.471. The van der Waals surface area contributed by atoms with Gasteiger partial charge in [-0.05, 0) is 50.5 Å². The average Bonchev–Trinajstić information content (AvgIpc) is 2.45. The normalized spacial score (nSPS) is 13.7. The van der Waals surface area contributed by atoms with Crippen LogP contribution in [0.1, 0.15) is 38.8 Å². The predicted molar refractivity (Wildman–Crippen MR) is 103 cm³/mol. The van der Waals surface area contributed by atoms with E-state index in [1.165, 1.54) is 5.56 Å². The molecule has 1 rings (SSSR count). The Labute approximate surface area is 146 Å². The molecule has 0 bridgehead atoms. The molecule has 128 valence electrons. The van der Waals surface area contributed by atoms with Crippen molar-refractivity contribution in [3.05, 3.63) is 39.9 Å². The number of carbonyl (C=O) groups excluding carboxylic acids is 1. The maximum atomic E-state index is 11.9. The zero-order valence-corrected chi connectivity index (χ0v) is 16.3. The quantitative estimate of drug-likeness (QED) is 0.400. The van der Waals surface area contributed by atoms with E-state index in [0.717, 1.165) is 17.3 Å². The first kappa shape index (κ1) is 20.0. The van der Waals surface area contributed by atoms with Crippen molar-refractivity contribution in [2.24, 2.45) is 5.73 Å². The van der Waals surface area contributed by atoms with E-state index >= 15 is 0 Å². The van der Waals surface area contributed by atoms with E-state index in [1.807, 2.05) is 19.9 Å². The number of carbonyl (C=O) groups is 1. The zero-order valence-electron chi connectivity index (χ0n) is 14.2. The minimum Gasteiger partial charge on any atom is -0.394 e. The van der Waals surface area contributed by atoms with Crippen LogP contribution >= 0.6 is 21.9 Å². The van der Waals surface area contributed by atoms with E-state index in [2.05, 4.69) is 46.2 Å². The van der Waals surface area contributed by atoms with Crippen LogP contribution in [0, 0.1) is 0 Å². The maximum absolute atomic E-state index is 11.9. The Balaban J connectivity index is 2.74. The topological polar surface area (TPSA) is 64.4 Å². The summed E-state index contributed by atoms with van der Waals surface area (Å²) in [6, 6.07) is 6.21. The second-order valence-corrected chi connectivity index (χ2v) is 7.21.